The zero-order valence-corrected chi connectivity index (χ0v) is 6.99. The predicted molar refractivity (Wildman–Crippen MR) is 46.7 cm³/mol. The molecule has 0 aliphatic heterocycles. The number of rotatable bonds is 2. The molecule has 3 nitrogen and oxygen atoms in total. The number of hydrogen-bond donors (Lipinski definition) is 3. The highest BCUT2D eigenvalue weighted by Crippen LogP contribution is 2.20. The van der Waals surface area contributed by atoms with Crippen molar-refractivity contribution in [3.05, 3.63) is 29.8 Å². The molecule has 0 aliphatic carbocycles. The molecule has 0 saturated carbocycles. The monoisotopic (exact) mass is 167 g/mol. The Morgan fingerprint density at radius 1 is 1.50 bits per heavy atom. The van der Waals surface area contributed by atoms with Crippen molar-refractivity contribution >= 4 is 0 Å². The van der Waals surface area contributed by atoms with Gasteiger partial charge in [0.05, 0.1) is 12.1 Å². The molecule has 1 aromatic carbocycles. The fourth-order valence-electron chi connectivity index (χ4n) is 0.952. The molecule has 0 fully saturated rings. The molecule has 0 saturated heterocycles. The van der Waals surface area contributed by atoms with Gasteiger partial charge in [0.1, 0.15) is 5.75 Å². The third-order valence-electron chi connectivity index (χ3n) is 1.83. The number of aliphatic hydroxyl groups excluding tert-OH is 1. The molecule has 0 unspecified atom stereocenters. The normalized spacial score (nSPS) is 15.6. The van der Waals surface area contributed by atoms with Gasteiger partial charge in [0.15, 0.2) is 0 Å². The lowest BCUT2D eigenvalue weighted by Crippen LogP contribution is -2.36. The fourth-order valence-corrected chi connectivity index (χ4v) is 0.952. The van der Waals surface area contributed by atoms with E-state index in [9.17, 15) is 0 Å². The molecule has 1 aromatic rings. The fraction of sp³-hybridized carbons (Fsp3) is 0.333. The quantitative estimate of drug-likeness (QED) is 0.603. The lowest BCUT2D eigenvalue weighted by Gasteiger charge is -2.22. The van der Waals surface area contributed by atoms with Crippen LogP contribution >= 0.6 is 0 Å². The van der Waals surface area contributed by atoms with Gasteiger partial charge in [-0.3, -0.25) is 0 Å². The van der Waals surface area contributed by atoms with Gasteiger partial charge in [-0.1, -0.05) is 12.1 Å². The summed E-state index contributed by atoms with van der Waals surface area (Å²) in [5.41, 5.74) is 5.69. The molecule has 0 heterocycles. The Morgan fingerprint density at radius 2 is 2.17 bits per heavy atom. The van der Waals surface area contributed by atoms with Crippen molar-refractivity contribution < 1.29 is 10.2 Å². The van der Waals surface area contributed by atoms with E-state index >= 15 is 0 Å². The van der Waals surface area contributed by atoms with Crippen LogP contribution in [-0.2, 0) is 5.54 Å². The van der Waals surface area contributed by atoms with Crippen molar-refractivity contribution in [2.75, 3.05) is 6.61 Å². The van der Waals surface area contributed by atoms with Crippen LogP contribution in [0.4, 0.5) is 0 Å². The zero-order chi connectivity index (χ0) is 9.19. The van der Waals surface area contributed by atoms with Crippen molar-refractivity contribution in [1.82, 2.24) is 0 Å². The average Bonchev–Trinajstić information content (AvgIpc) is 2.05. The van der Waals surface area contributed by atoms with E-state index in [1.54, 1.807) is 31.2 Å². The number of phenols is 1. The lowest BCUT2D eigenvalue weighted by atomic mass is 9.94. The second kappa shape index (κ2) is 3.13. The van der Waals surface area contributed by atoms with Crippen LogP contribution in [0.1, 0.15) is 12.5 Å². The molecule has 66 valence electrons. The van der Waals surface area contributed by atoms with Crippen LogP contribution in [0, 0.1) is 0 Å². The Labute approximate surface area is 71.5 Å². The van der Waals surface area contributed by atoms with Gasteiger partial charge in [-0.15, -0.1) is 0 Å². The van der Waals surface area contributed by atoms with Gasteiger partial charge in [0.2, 0.25) is 0 Å². The van der Waals surface area contributed by atoms with Crippen molar-refractivity contribution in [3.8, 4) is 5.75 Å². The molecule has 0 amide bonds. The number of hydrogen-bond acceptors (Lipinski definition) is 3. The Hall–Kier alpha value is -1.06. The molecule has 12 heavy (non-hydrogen) atoms. The minimum Gasteiger partial charge on any atom is -0.508 e. The van der Waals surface area contributed by atoms with Gasteiger partial charge in [-0.25, -0.2) is 0 Å². The predicted octanol–water partition coefficient (Wildman–Crippen LogP) is 0.558. The average molecular weight is 167 g/mol. The zero-order valence-electron chi connectivity index (χ0n) is 6.99. The summed E-state index contributed by atoms with van der Waals surface area (Å²) in [4.78, 5) is 0. The number of aliphatic hydroxyl groups is 1. The summed E-state index contributed by atoms with van der Waals surface area (Å²) in [5, 5.41) is 18.1. The van der Waals surface area contributed by atoms with E-state index in [1.165, 1.54) is 0 Å². The summed E-state index contributed by atoms with van der Waals surface area (Å²) in [5.74, 6) is 0.164. The van der Waals surface area contributed by atoms with Gasteiger partial charge in [0, 0.05) is 0 Å². The molecule has 0 aliphatic rings. The van der Waals surface area contributed by atoms with Gasteiger partial charge >= 0.3 is 0 Å². The lowest BCUT2D eigenvalue weighted by molar-refractivity contribution is 0.210. The summed E-state index contributed by atoms with van der Waals surface area (Å²) in [7, 11) is 0. The highest BCUT2D eigenvalue weighted by atomic mass is 16.3. The SMILES string of the molecule is C[C@@](N)(CO)c1cccc(O)c1. The van der Waals surface area contributed by atoms with Gasteiger partial charge in [0.25, 0.3) is 0 Å². The molecule has 1 atom stereocenters. The topological polar surface area (TPSA) is 66.5 Å². The summed E-state index contributed by atoms with van der Waals surface area (Å²) < 4.78 is 0. The van der Waals surface area contributed by atoms with E-state index in [1.807, 2.05) is 0 Å². The molecular weight excluding hydrogens is 154 g/mol. The first kappa shape index (κ1) is 9.03. The van der Waals surface area contributed by atoms with Crippen molar-refractivity contribution in [2.24, 2.45) is 5.73 Å². The van der Waals surface area contributed by atoms with Crippen molar-refractivity contribution in [2.45, 2.75) is 12.5 Å². The minimum atomic E-state index is -0.779. The van der Waals surface area contributed by atoms with Crippen molar-refractivity contribution in [1.29, 1.82) is 0 Å². The highest BCUT2D eigenvalue weighted by molar-refractivity contribution is 5.31. The Kier molecular flexibility index (Phi) is 2.35. The number of phenolic OH excluding ortho intramolecular Hbond substituents is 1. The Bertz CT molecular complexity index is 271. The summed E-state index contributed by atoms with van der Waals surface area (Å²) >= 11 is 0. The minimum absolute atomic E-state index is 0.142. The molecular formula is C9H13NO2. The van der Waals surface area contributed by atoms with Crippen LogP contribution in [0.25, 0.3) is 0 Å². The molecule has 0 radical (unpaired) electrons. The first-order chi connectivity index (χ1) is 5.56. The molecule has 0 spiro atoms. The summed E-state index contributed by atoms with van der Waals surface area (Å²) in [6, 6.07) is 6.59. The van der Waals surface area contributed by atoms with E-state index in [0.29, 0.717) is 0 Å². The van der Waals surface area contributed by atoms with Crippen LogP contribution in [-0.4, -0.2) is 16.8 Å². The van der Waals surface area contributed by atoms with Gasteiger partial charge in [-0.05, 0) is 24.6 Å². The smallest absolute Gasteiger partial charge is 0.115 e. The first-order valence-electron chi connectivity index (χ1n) is 3.75. The first-order valence-corrected chi connectivity index (χ1v) is 3.75. The third kappa shape index (κ3) is 1.75. The largest absolute Gasteiger partial charge is 0.508 e. The second-order valence-electron chi connectivity index (χ2n) is 3.13. The van der Waals surface area contributed by atoms with Crippen LogP contribution in [0.2, 0.25) is 0 Å². The number of aromatic hydroxyl groups is 1. The molecule has 1 rings (SSSR count). The Balaban J connectivity index is 3.03. The molecule has 4 N–H and O–H groups in total. The maximum Gasteiger partial charge on any atom is 0.115 e. The number of benzene rings is 1. The van der Waals surface area contributed by atoms with E-state index in [4.69, 9.17) is 15.9 Å². The van der Waals surface area contributed by atoms with Crippen molar-refractivity contribution in [3.63, 3.8) is 0 Å². The van der Waals surface area contributed by atoms with Crippen LogP contribution in [0.15, 0.2) is 24.3 Å². The molecule has 0 bridgehead atoms. The standard InChI is InChI=1S/C9H13NO2/c1-9(10,6-11)7-3-2-4-8(12)5-7/h2-5,11-12H,6,10H2,1H3/t9-/m1/s1. The maximum absolute atomic E-state index is 9.13. The summed E-state index contributed by atoms with van der Waals surface area (Å²) in [6.07, 6.45) is 0. The molecule has 0 aromatic heterocycles. The number of nitrogens with two attached hydrogens (primary N) is 1. The highest BCUT2D eigenvalue weighted by Gasteiger charge is 2.19. The van der Waals surface area contributed by atoms with E-state index in [-0.39, 0.29) is 12.4 Å². The van der Waals surface area contributed by atoms with E-state index < -0.39 is 5.54 Å². The van der Waals surface area contributed by atoms with Crippen LogP contribution < -0.4 is 5.73 Å². The van der Waals surface area contributed by atoms with Crippen LogP contribution in [0.5, 0.6) is 5.75 Å². The Morgan fingerprint density at radius 3 is 2.67 bits per heavy atom. The third-order valence-corrected chi connectivity index (χ3v) is 1.83. The van der Waals surface area contributed by atoms with Gasteiger partial charge < -0.3 is 15.9 Å². The second-order valence-corrected chi connectivity index (χ2v) is 3.13. The van der Waals surface area contributed by atoms with E-state index in [0.717, 1.165) is 5.56 Å². The van der Waals surface area contributed by atoms with Gasteiger partial charge in [-0.2, -0.15) is 0 Å². The summed E-state index contributed by atoms with van der Waals surface area (Å²) in [6.45, 7) is 1.57. The van der Waals surface area contributed by atoms with E-state index in [2.05, 4.69) is 0 Å². The maximum atomic E-state index is 9.13. The molecule has 3 heteroatoms. The van der Waals surface area contributed by atoms with Crippen LogP contribution in [0.3, 0.4) is 0 Å².